The predicted octanol–water partition coefficient (Wildman–Crippen LogP) is 5.23. The zero-order valence-electron chi connectivity index (χ0n) is 18.3. The van der Waals surface area contributed by atoms with Crippen LogP contribution in [-0.4, -0.2) is 17.5 Å². The summed E-state index contributed by atoms with van der Waals surface area (Å²) in [5.41, 5.74) is 1.33. The van der Waals surface area contributed by atoms with Gasteiger partial charge in [-0.25, -0.2) is 4.39 Å². The molecule has 1 N–H and O–H groups in total. The zero-order chi connectivity index (χ0) is 23.0. The summed E-state index contributed by atoms with van der Waals surface area (Å²) in [6, 6.07) is 13.9. The number of rotatable bonds is 9. The number of allylic oxidation sites excluding steroid dienone is 3. The number of Topliss-reactive ketones (excluding diaryl/α,β-unsaturated/α-hetero) is 2. The lowest BCUT2D eigenvalue weighted by molar-refractivity contribution is -0.136. The van der Waals surface area contributed by atoms with Crippen molar-refractivity contribution in [1.29, 1.82) is 0 Å². The number of amides is 1. The molecule has 2 atom stereocenters. The number of nitrogens with one attached hydrogen (secondary N) is 1. The topological polar surface area (TPSA) is 63.2 Å². The highest BCUT2D eigenvalue weighted by atomic mass is 19.1. The molecule has 5 heteroatoms. The molecule has 0 bridgehead atoms. The van der Waals surface area contributed by atoms with Gasteiger partial charge in [0.2, 0.25) is 5.91 Å². The molecule has 162 valence electrons. The molecule has 2 aromatic rings. The van der Waals surface area contributed by atoms with Crippen molar-refractivity contribution in [3.63, 3.8) is 0 Å². The summed E-state index contributed by atoms with van der Waals surface area (Å²) < 4.78 is 13.4. The first-order valence-electron chi connectivity index (χ1n) is 10.3. The first-order chi connectivity index (χ1) is 14.8. The summed E-state index contributed by atoms with van der Waals surface area (Å²) in [6.45, 7) is 7.00. The molecule has 2 unspecified atom stereocenters. The molecule has 2 aromatic carbocycles. The second-order valence-electron chi connectivity index (χ2n) is 7.53. The maximum atomic E-state index is 13.5. The number of halogens is 1. The van der Waals surface area contributed by atoms with Crippen molar-refractivity contribution in [1.82, 2.24) is 5.32 Å². The second kappa shape index (κ2) is 11.2. The van der Waals surface area contributed by atoms with E-state index >= 15 is 0 Å². The Labute approximate surface area is 182 Å². The molecule has 0 aliphatic carbocycles. The van der Waals surface area contributed by atoms with Crippen LogP contribution in [-0.2, 0) is 9.59 Å². The molecule has 0 saturated heterocycles. The molecule has 0 fully saturated rings. The quantitative estimate of drug-likeness (QED) is 0.343. The Hall–Kier alpha value is -3.34. The largest absolute Gasteiger partial charge is 0.326 e. The first kappa shape index (κ1) is 23.9. The second-order valence-corrected chi connectivity index (χ2v) is 7.53. The van der Waals surface area contributed by atoms with Crippen LogP contribution in [0, 0.1) is 17.7 Å². The van der Waals surface area contributed by atoms with Gasteiger partial charge in [0, 0.05) is 17.2 Å². The smallest absolute Gasteiger partial charge is 0.236 e. The van der Waals surface area contributed by atoms with Crippen LogP contribution >= 0.6 is 0 Å². The molecule has 0 aliphatic heterocycles. The van der Waals surface area contributed by atoms with Crippen LogP contribution in [0.25, 0.3) is 0 Å². The van der Waals surface area contributed by atoms with Gasteiger partial charge in [0.1, 0.15) is 17.5 Å². The van der Waals surface area contributed by atoms with E-state index in [0.29, 0.717) is 11.3 Å². The number of hydrogen-bond acceptors (Lipinski definition) is 3. The molecule has 0 aliphatic rings. The third kappa shape index (κ3) is 6.07. The minimum absolute atomic E-state index is 0.240. The molecule has 0 saturated carbocycles. The maximum Gasteiger partial charge on any atom is 0.236 e. The van der Waals surface area contributed by atoms with Gasteiger partial charge in [-0.15, -0.1) is 0 Å². The molecule has 31 heavy (non-hydrogen) atoms. The Morgan fingerprint density at radius 2 is 1.55 bits per heavy atom. The van der Waals surface area contributed by atoms with Crippen LogP contribution in [0.4, 0.5) is 4.39 Å². The average Bonchev–Trinajstić information content (AvgIpc) is 2.77. The molecule has 4 nitrogen and oxygen atoms in total. The van der Waals surface area contributed by atoms with Crippen LogP contribution in [0.3, 0.4) is 0 Å². The molecule has 2 rings (SSSR count). The first-order valence-corrected chi connectivity index (χ1v) is 10.3. The van der Waals surface area contributed by atoms with Crippen molar-refractivity contribution in [2.24, 2.45) is 11.8 Å². The standard InChI is InChI=1S/C26H28FNO3/c1-5-10-21(6-2)28-26(31)23(24(29)17(3)4)22(18-11-8-7-9-12-18)25(30)19-13-15-20(27)16-14-19/h5-17,22-23H,1-4H3,(H,28,31)/b10-5-,21-6+. The predicted molar refractivity (Wildman–Crippen MR) is 120 cm³/mol. The lowest BCUT2D eigenvalue weighted by Crippen LogP contribution is -2.42. The van der Waals surface area contributed by atoms with Crippen molar-refractivity contribution in [2.75, 3.05) is 0 Å². The highest BCUT2D eigenvalue weighted by Crippen LogP contribution is 2.32. The van der Waals surface area contributed by atoms with E-state index in [-0.39, 0.29) is 11.3 Å². The van der Waals surface area contributed by atoms with Crippen molar-refractivity contribution >= 4 is 17.5 Å². The lowest BCUT2D eigenvalue weighted by Gasteiger charge is -2.26. The van der Waals surface area contributed by atoms with Crippen LogP contribution in [0.5, 0.6) is 0 Å². The lowest BCUT2D eigenvalue weighted by atomic mass is 9.75. The number of ketones is 2. The Morgan fingerprint density at radius 1 is 0.935 bits per heavy atom. The number of carbonyl (C=O) groups is 3. The van der Waals surface area contributed by atoms with Gasteiger partial charge in [-0.05, 0) is 49.8 Å². The Morgan fingerprint density at radius 3 is 2.06 bits per heavy atom. The van der Waals surface area contributed by atoms with Crippen LogP contribution in [0.1, 0.15) is 49.5 Å². The number of hydrogen-bond donors (Lipinski definition) is 1. The van der Waals surface area contributed by atoms with E-state index in [9.17, 15) is 18.8 Å². The van der Waals surface area contributed by atoms with Gasteiger partial charge in [0.25, 0.3) is 0 Å². The Kier molecular flexibility index (Phi) is 8.62. The maximum absolute atomic E-state index is 13.5. The highest BCUT2D eigenvalue weighted by molar-refractivity contribution is 6.12. The monoisotopic (exact) mass is 421 g/mol. The fourth-order valence-corrected chi connectivity index (χ4v) is 3.36. The third-order valence-electron chi connectivity index (χ3n) is 4.99. The summed E-state index contributed by atoms with van der Waals surface area (Å²) in [5, 5.41) is 2.77. The third-order valence-corrected chi connectivity index (χ3v) is 4.99. The summed E-state index contributed by atoms with van der Waals surface area (Å²) in [5.74, 6) is -4.49. The van der Waals surface area contributed by atoms with Gasteiger partial charge < -0.3 is 5.32 Å². The fourth-order valence-electron chi connectivity index (χ4n) is 3.36. The molecule has 0 radical (unpaired) electrons. The Bertz CT molecular complexity index is 975. The van der Waals surface area contributed by atoms with Gasteiger partial charge in [-0.2, -0.15) is 0 Å². The molecular weight excluding hydrogens is 393 g/mol. The summed E-state index contributed by atoms with van der Waals surface area (Å²) in [4.78, 5) is 40.1. The van der Waals surface area contributed by atoms with Crippen LogP contribution in [0.2, 0.25) is 0 Å². The van der Waals surface area contributed by atoms with Crippen LogP contribution in [0.15, 0.2) is 78.5 Å². The molecule has 1 amide bonds. The molecule has 0 spiro atoms. The van der Waals surface area contributed by atoms with Crippen molar-refractivity contribution in [3.05, 3.63) is 95.5 Å². The Balaban J connectivity index is 2.60. The van der Waals surface area contributed by atoms with E-state index in [1.54, 1.807) is 69.3 Å². The highest BCUT2D eigenvalue weighted by Gasteiger charge is 2.41. The van der Waals surface area contributed by atoms with Crippen molar-refractivity contribution < 1.29 is 18.8 Å². The molecule has 0 aromatic heterocycles. The van der Waals surface area contributed by atoms with E-state index in [1.165, 1.54) is 24.3 Å². The normalized spacial score (nSPS) is 13.8. The van der Waals surface area contributed by atoms with E-state index in [1.807, 2.05) is 6.92 Å². The van der Waals surface area contributed by atoms with Gasteiger partial charge in [0.05, 0.1) is 5.92 Å². The summed E-state index contributed by atoms with van der Waals surface area (Å²) in [6.07, 6.45) is 5.20. The van der Waals surface area contributed by atoms with E-state index in [4.69, 9.17) is 0 Å². The van der Waals surface area contributed by atoms with Gasteiger partial charge in [-0.1, -0.05) is 56.3 Å². The average molecular weight is 422 g/mol. The van der Waals surface area contributed by atoms with Gasteiger partial charge in [0.15, 0.2) is 5.78 Å². The number of carbonyl (C=O) groups excluding carboxylic acids is 3. The molecular formula is C26H28FNO3. The SMILES string of the molecule is C/C=C\C(=C/C)NC(=O)C(C(=O)C(C)C)C(C(=O)c1ccc(F)cc1)c1ccccc1. The van der Waals surface area contributed by atoms with E-state index < -0.39 is 35.3 Å². The minimum atomic E-state index is -1.24. The summed E-state index contributed by atoms with van der Waals surface area (Å²) in [7, 11) is 0. The van der Waals surface area contributed by atoms with Gasteiger partial charge >= 0.3 is 0 Å². The zero-order valence-corrected chi connectivity index (χ0v) is 18.3. The van der Waals surface area contributed by atoms with Crippen LogP contribution < -0.4 is 5.32 Å². The minimum Gasteiger partial charge on any atom is -0.326 e. The summed E-state index contributed by atoms with van der Waals surface area (Å²) >= 11 is 0. The van der Waals surface area contributed by atoms with Gasteiger partial charge in [-0.3, -0.25) is 14.4 Å². The van der Waals surface area contributed by atoms with Crippen molar-refractivity contribution in [2.45, 2.75) is 33.6 Å². The molecule has 0 heterocycles. The van der Waals surface area contributed by atoms with E-state index in [0.717, 1.165) is 0 Å². The van der Waals surface area contributed by atoms with E-state index in [2.05, 4.69) is 5.32 Å². The van der Waals surface area contributed by atoms with Crippen molar-refractivity contribution in [3.8, 4) is 0 Å². The number of benzene rings is 2. The fraction of sp³-hybridized carbons (Fsp3) is 0.269.